The summed E-state index contributed by atoms with van der Waals surface area (Å²) in [5, 5.41) is 27.6. The number of carbonyl (C=O) groups is 2. The number of rotatable bonds is 7. The van der Waals surface area contributed by atoms with Crippen LogP contribution in [0, 0.1) is 10.1 Å². The van der Waals surface area contributed by atoms with Crippen LogP contribution in [0.3, 0.4) is 0 Å². The minimum atomic E-state index is -1.28. The van der Waals surface area contributed by atoms with Gasteiger partial charge in [0.1, 0.15) is 5.75 Å². The lowest BCUT2D eigenvalue weighted by Gasteiger charge is -2.07. The monoisotopic (exact) mass is 307 g/mol. The normalized spacial score (nSPS) is 8.76. The van der Waals surface area contributed by atoms with Crippen LogP contribution in [0.1, 0.15) is 0 Å². The predicted octanol–water partition coefficient (Wildman–Crippen LogP) is -1.13. The molecule has 0 aromatic heterocycles. The fourth-order valence-electron chi connectivity index (χ4n) is 1.14. The largest absolute Gasteiger partial charge is 0.482 e. The standard InChI is InChI=1S/C10H9NO8.2H2O/c12-9(13)4-18-6-1-2-8(19-5-10(14)15)7(3-6)11(16)17;;/h1-3H,4-5H2,(H,12,13)(H,14,15);2*1H2. The lowest BCUT2D eigenvalue weighted by molar-refractivity contribution is -0.385. The van der Waals surface area contributed by atoms with Crippen molar-refractivity contribution >= 4 is 17.6 Å². The zero-order chi connectivity index (χ0) is 14.4. The third kappa shape index (κ3) is 6.70. The van der Waals surface area contributed by atoms with Crippen molar-refractivity contribution in [3.63, 3.8) is 0 Å². The van der Waals surface area contributed by atoms with Gasteiger partial charge in [-0.1, -0.05) is 0 Å². The molecule has 0 saturated carbocycles. The molecule has 0 aliphatic heterocycles. The summed E-state index contributed by atoms with van der Waals surface area (Å²) < 4.78 is 9.49. The number of carboxylic acid groups (broad SMARTS) is 2. The van der Waals surface area contributed by atoms with E-state index in [9.17, 15) is 19.7 Å². The van der Waals surface area contributed by atoms with Gasteiger partial charge in [-0.05, 0) is 12.1 Å². The number of nitrogens with zero attached hydrogens (tertiary/aromatic N) is 1. The molecule has 0 spiro atoms. The van der Waals surface area contributed by atoms with Crippen LogP contribution in [0.25, 0.3) is 0 Å². The van der Waals surface area contributed by atoms with Crippen LogP contribution < -0.4 is 9.47 Å². The molecule has 0 heterocycles. The van der Waals surface area contributed by atoms with Gasteiger partial charge in [0.2, 0.25) is 0 Å². The smallest absolute Gasteiger partial charge is 0.341 e. The highest BCUT2D eigenvalue weighted by molar-refractivity contribution is 5.69. The van der Waals surface area contributed by atoms with E-state index in [0.29, 0.717) is 0 Å². The van der Waals surface area contributed by atoms with Gasteiger partial charge in [0.15, 0.2) is 19.0 Å². The zero-order valence-corrected chi connectivity index (χ0v) is 10.4. The number of hydrogen-bond donors (Lipinski definition) is 2. The van der Waals surface area contributed by atoms with Crippen LogP contribution >= 0.6 is 0 Å². The first kappa shape index (κ1) is 20.4. The number of benzene rings is 1. The lowest BCUT2D eigenvalue weighted by Crippen LogP contribution is -2.11. The number of nitro groups is 1. The van der Waals surface area contributed by atoms with Crippen LogP contribution in [0.15, 0.2) is 18.2 Å². The summed E-state index contributed by atoms with van der Waals surface area (Å²) in [4.78, 5) is 30.6. The van der Waals surface area contributed by atoms with Gasteiger partial charge in [-0.3, -0.25) is 10.1 Å². The molecule has 0 aliphatic rings. The van der Waals surface area contributed by atoms with Gasteiger partial charge in [0.05, 0.1) is 11.0 Å². The molecule has 0 amide bonds. The van der Waals surface area contributed by atoms with Crippen molar-refractivity contribution < 1.29 is 45.2 Å². The quantitative estimate of drug-likeness (QED) is 0.465. The summed E-state index contributed by atoms with van der Waals surface area (Å²) in [7, 11) is 0. The number of nitro benzene ring substituents is 1. The second-order valence-corrected chi connectivity index (χ2v) is 3.25. The average Bonchev–Trinajstić information content (AvgIpc) is 2.33. The SMILES string of the molecule is O.O.O=C(O)COc1ccc(OCC(=O)O)c([N+](=O)[O-])c1. The number of aliphatic carboxylic acids is 2. The summed E-state index contributed by atoms with van der Waals surface area (Å²) in [5.41, 5.74) is -0.510. The molecule has 11 nitrogen and oxygen atoms in total. The van der Waals surface area contributed by atoms with Gasteiger partial charge in [-0.15, -0.1) is 0 Å². The van der Waals surface area contributed by atoms with Gasteiger partial charge in [0, 0.05) is 0 Å². The zero-order valence-electron chi connectivity index (χ0n) is 10.4. The number of hydrogen-bond acceptors (Lipinski definition) is 6. The molecule has 118 valence electrons. The van der Waals surface area contributed by atoms with Gasteiger partial charge >= 0.3 is 17.6 Å². The highest BCUT2D eigenvalue weighted by Gasteiger charge is 2.18. The van der Waals surface area contributed by atoms with E-state index in [-0.39, 0.29) is 22.5 Å². The molecule has 11 heteroatoms. The Morgan fingerprint density at radius 2 is 1.62 bits per heavy atom. The van der Waals surface area contributed by atoms with Gasteiger partial charge in [-0.25, -0.2) is 9.59 Å². The summed E-state index contributed by atoms with van der Waals surface area (Å²) >= 11 is 0. The fourth-order valence-corrected chi connectivity index (χ4v) is 1.14. The van der Waals surface area contributed by atoms with E-state index in [1.807, 2.05) is 0 Å². The number of ether oxygens (including phenoxy) is 2. The Morgan fingerprint density at radius 1 is 1.10 bits per heavy atom. The van der Waals surface area contributed by atoms with Crippen LogP contribution in [-0.4, -0.2) is 51.2 Å². The molecule has 1 aromatic rings. The van der Waals surface area contributed by atoms with Crippen LogP contribution in [0.2, 0.25) is 0 Å². The summed E-state index contributed by atoms with van der Waals surface area (Å²) in [6.07, 6.45) is 0. The van der Waals surface area contributed by atoms with E-state index in [4.69, 9.17) is 19.7 Å². The molecular formula is C10H13NO10. The van der Waals surface area contributed by atoms with Crippen molar-refractivity contribution in [1.29, 1.82) is 0 Å². The molecule has 0 atom stereocenters. The molecule has 21 heavy (non-hydrogen) atoms. The second kappa shape index (κ2) is 9.06. The van der Waals surface area contributed by atoms with Crippen LogP contribution in [-0.2, 0) is 9.59 Å². The molecule has 0 saturated heterocycles. The summed E-state index contributed by atoms with van der Waals surface area (Å²) in [6, 6.07) is 3.34. The van der Waals surface area contributed by atoms with Crippen molar-refractivity contribution in [3.05, 3.63) is 28.3 Å². The topological polar surface area (TPSA) is 199 Å². The maximum atomic E-state index is 10.8. The molecular weight excluding hydrogens is 294 g/mol. The minimum Gasteiger partial charge on any atom is -0.482 e. The van der Waals surface area contributed by atoms with E-state index >= 15 is 0 Å². The Balaban J connectivity index is 0. The molecule has 1 rings (SSSR count). The highest BCUT2D eigenvalue weighted by Crippen LogP contribution is 2.31. The number of carboxylic acids is 2. The second-order valence-electron chi connectivity index (χ2n) is 3.25. The molecule has 6 N–H and O–H groups in total. The average molecular weight is 307 g/mol. The Morgan fingerprint density at radius 3 is 2.10 bits per heavy atom. The Labute approximate surface area is 117 Å². The maximum Gasteiger partial charge on any atom is 0.341 e. The molecule has 0 unspecified atom stereocenters. The van der Waals surface area contributed by atoms with E-state index in [1.54, 1.807) is 0 Å². The van der Waals surface area contributed by atoms with Crippen molar-refractivity contribution in [2.45, 2.75) is 0 Å². The van der Waals surface area contributed by atoms with Crippen LogP contribution in [0.5, 0.6) is 11.5 Å². The van der Waals surface area contributed by atoms with Crippen molar-refractivity contribution in [1.82, 2.24) is 0 Å². The summed E-state index contributed by atoms with van der Waals surface area (Å²) in [6.45, 7) is -1.37. The molecule has 0 fully saturated rings. The van der Waals surface area contributed by atoms with E-state index in [0.717, 1.165) is 12.1 Å². The molecule has 0 radical (unpaired) electrons. The fraction of sp³-hybridized carbons (Fsp3) is 0.200. The maximum absolute atomic E-state index is 10.8. The predicted molar refractivity (Wildman–Crippen MR) is 66.6 cm³/mol. The molecule has 0 bridgehead atoms. The Bertz CT molecular complexity index is 515. The lowest BCUT2D eigenvalue weighted by atomic mass is 10.3. The van der Waals surface area contributed by atoms with Gasteiger partial charge < -0.3 is 30.6 Å². The van der Waals surface area contributed by atoms with Crippen molar-refractivity contribution in [2.75, 3.05) is 13.2 Å². The van der Waals surface area contributed by atoms with E-state index < -0.39 is 35.8 Å². The Hall–Kier alpha value is -2.92. The third-order valence-electron chi connectivity index (χ3n) is 1.84. The first-order valence-electron chi connectivity index (χ1n) is 4.87. The molecule has 1 aromatic carbocycles. The van der Waals surface area contributed by atoms with Gasteiger partial charge in [-0.2, -0.15) is 0 Å². The van der Waals surface area contributed by atoms with Gasteiger partial charge in [0.25, 0.3) is 0 Å². The van der Waals surface area contributed by atoms with Crippen molar-refractivity contribution in [2.24, 2.45) is 0 Å². The van der Waals surface area contributed by atoms with E-state index in [1.165, 1.54) is 6.07 Å². The van der Waals surface area contributed by atoms with Crippen LogP contribution in [0.4, 0.5) is 5.69 Å². The van der Waals surface area contributed by atoms with E-state index in [2.05, 4.69) is 0 Å². The summed E-state index contributed by atoms with van der Waals surface area (Å²) in [5.74, 6) is -2.78. The first-order chi connectivity index (χ1) is 8.90. The molecule has 0 aliphatic carbocycles. The third-order valence-corrected chi connectivity index (χ3v) is 1.84. The van der Waals surface area contributed by atoms with Crippen molar-refractivity contribution in [3.8, 4) is 11.5 Å². The minimum absolute atomic E-state index is 0. The Kier molecular flexibility index (Phi) is 8.80. The highest BCUT2D eigenvalue weighted by atomic mass is 16.6. The first-order valence-corrected chi connectivity index (χ1v) is 4.87.